The average molecular weight is 544 g/mol. The lowest BCUT2D eigenvalue weighted by Crippen LogP contribution is -2.33. The van der Waals surface area contributed by atoms with Crippen molar-refractivity contribution in [2.24, 2.45) is 0 Å². The van der Waals surface area contributed by atoms with Crippen LogP contribution in [0.5, 0.6) is 0 Å². The zero-order valence-corrected chi connectivity index (χ0v) is 23.2. The van der Waals surface area contributed by atoms with Crippen LogP contribution in [0.3, 0.4) is 0 Å². The molecule has 2 aromatic heterocycles. The van der Waals surface area contributed by atoms with Gasteiger partial charge in [0.25, 0.3) is 0 Å². The first-order valence-corrected chi connectivity index (χ1v) is 13.4. The van der Waals surface area contributed by atoms with E-state index in [1.54, 1.807) is 6.20 Å². The number of thiocarbonyl (C=S) groups is 1. The predicted octanol–water partition coefficient (Wildman–Crippen LogP) is 6.45. The third kappa shape index (κ3) is 5.30. The Labute approximate surface area is 233 Å². The fourth-order valence-electron chi connectivity index (χ4n) is 4.92. The van der Waals surface area contributed by atoms with Crippen molar-refractivity contribution in [1.29, 1.82) is 0 Å². The van der Waals surface area contributed by atoms with Crippen LogP contribution >= 0.6 is 23.8 Å². The zero-order valence-electron chi connectivity index (χ0n) is 21.6. The SMILES string of the molecule is Cc1ccc(C)c(NC(=O)CCN2C(=S)N[C@@H](c3ccccn3)[C@@H]2c2cccn2-c2ccc(Cl)c(C)c2)c1. The van der Waals surface area contributed by atoms with Gasteiger partial charge in [-0.3, -0.25) is 9.78 Å². The molecule has 2 N–H and O–H groups in total. The van der Waals surface area contributed by atoms with Gasteiger partial charge in [-0.25, -0.2) is 0 Å². The molecule has 0 bridgehead atoms. The van der Waals surface area contributed by atoms with E-state index in [1.165, 1.54) is 0 Å². The molecule has 6 nitrogen and oxygen atoms in total. The molecule has 4 aromatic rings. The Kier molecular flexibility index (Phi) is 7.49. The average Bonchev–Trinajstić information content (AvgIpc) is 3.51. The minimum Gasteiger partial charge on any atom is -0.352 e. The molecule has 1 saturated heterocycles. The third-order valence-corrected chi connectivity index (χ3v) is 7.72. The fraction of sp³-hybridized carbons (Fsp3) is 0.233. The van der Waals surface area contributed by atoms with E-state index in [0.717, 1.165) is 44.5 Å². The van der Waals surface area contributed by atoms with Crippen molar-refractivity contribution in [1.82, 2.24) is 19.8 Å². The summed E-state index contributed by atoms with van der Waals surface area (Å²) in [5.41, 5.74) is 6.93. The number of hydrogen-bond donors (Lipinski definition) is 2. The van der Waals surface area contributed by atoms with Gasteiger partial charge in [-0.1, -0.05) is 29.8 Å². The van der Waals surface area contributed by atoms with E-state index in [1.807, 2.05) is 81.6 Å². The molecule has 0 spiro atoms. The second-order valence-corrected chi connectivity index (χ2v) is 10.5. The van der Waals surface area contributed by atoms with Crippen molar-refractivity contribution >= 4 is 40.5 Å². The first-order valence-electron chi connectivity index (χ1n) is 12.6. The van der Waals surface area contributed by atoms with Crippen molar-refractivity contribution in [3.05, 3.63) is 112 Å². The number of aromatic nitrogens is 2. The van der Waals surface area contributed by atoms with Gasteiger partial charge in [0.2, 0.25) is 5.91 Å². The maximum absolute atomic E-state index is 13.0. The Balaban J connectivity index is 1.45. The minimum absolute atomic E-state index is 0.0507. The molecule has 2 atom stereocenters. The Morgan fingerprint density at radius 3 is 2.66 bits per heavy atom. The minimum atomic E-state index is -0.173. The van der Waals surface area contributed by atoms with Gasteiger partial charge in [0, 0.05) is 47.5 Å². The summed E-state index contributed by atoms with van der Waals surface area (Å²) in [6, 6.07) is 21.7. The number of anilines is 1. The summed E-state index contributed by atoms with van der Waals surface area (Å²) in [5, 5.41) is 7.88. The number of amides is 1. The number of carbonyl (C=O) groups is 1. The van der Waals surface area contributed by atoms with Crippen LogP contribution in [0.2, 0.25) is 5.02 Å². The van der Waals surface area contributed by atoms with Gasteiger partial charge in [-0.05, 0) is 98.2 Å². The number of pyridine rings is 1. The first kappa shape index (κ1) is 25.9. The number of nitrogens with zero attached hydrogens (tertiary/aromatic N) is 3. The van der Waals surface area contributed by atoms with Crippen LogP contribution in [0.25, 0.3) is 5.69 Å². The third-order valence-electron chi connectivity index (χ3n) is 6.95. The van der Waals surface area contributed by atoms with Crippen LogP contribution in [-0.4, -0.2) is 32.0 Å². The van der Waals surface area contributed by atoms with Gasteiger partial charge in [0.1, 0.15) is 0 Å². The Bertz CT molecular complexity index is 1490. The van der Waals surface area contributed by atoms with E-state index in [2.05, 4.69) is 37.2 Å². The molecule has 0 radical (unpaired) electrons. The molecule has 194 valence electrons. The Morgan fingerprint density at radius 2 is 1.89 bits per heavy atom. The van der Waals surface area contributed by atoms with Gasteiger partial charge in [0.05, 0.1) is 17.8 Å². The Hall–Kier alpha value is -3.68. The lowest BCUT2D eigenvalue weighted by molar-refractivity contribution is -0.116. The van der Waals surface area contributed by atoms with E-state index in [4.69, 9.17) is 23.8 Å². The van der Waals surface area contributed by atoms with E-state index >= 15 is 0 Å². The van der Waals surface area contributed by atoms with E-state index in [0.29, 0.717) is 18.1 Å². The van der Waals surface area contributed by atoms with Crippen LogP contribution in [0, 0.1) is 20.8 Å². The van der Waals surface area contributed by atoms with Crippen LogP contribution in [0.1, 0.15) is 46.6 Å². The number of hydrogen-bond acceptors (Lipinski definition) is 3. The zero-order chi connectivity index (χ0) is 26.8. The molecule has 3 heterocycles. The van der Waals surface area contributed by atoms with Gasteiger partial charge in [0.15, 0.2) is 5.11 Å². The summed E-state index contributed by atoms with van der Waals surface area (Å²) in [4.78, 5) is 19.7. The predicted molar refractivity (Wildman–Crippen MR) is 157 cm³/mol. The van der Waals surface area contributed by atoms with Crippen molar-refractivity contribution < 1.29 is 4.79 Å². The normalized spacial score (nSPS) is 16.9. The molecule has 0 saturated carbocycles. The van der Waals surface area contributed by atoms with Crippen molar-refractivity contribution in [2.75, 3.05) is 11.9 Å². The van der Waals surface area contributed by atoms with E-state index in [9.17, 15) is 4.79 Å². The molecule has 38 heavy (non-hydrogen) atoms. The second kappa shape index (κ2) is 11.0. The molecule has 1 aliphatic heterocycles. The summed E-state index contributed by atoms with van der Waals surface area (Å²) >= 11 is 12.1. The van der Waals surface area contributed by atoms with E-state index < -0.39 is 0 Å². The van der Waals surface area contributed by atoms with Crippen LogP contribution in [-0.2, 0) is 4.79 Å². The molecule has 5 rings (SSSR count). The van der Waals surface area contributed by atoms with Crippen molar-refractivity contribution in [2.45, 2.75) is 39.3 Å². The molecule has 1 fully saturated rings. The quantitative estimate of drug-likeness (QED) is 0.262. The fourth-order valence-corrected chi connectivity index (χ4v) is 5.37. The highest BCUT2D eigenvalue weighted by molar-refractivity contribution is 7.80. The number of aryl methyl sites for hydroxylation is 3. The number of halogens is 1. The van der Waals surface area contributed by atoms with Gasteiger partial charge < -0.3 is 20.1 Å². The molecular formula is C30H30ClN5OS. The summed E-state index contributed by atoms with van der Waals surface area (Å²) in [6.07, 6.45) is 4.13. The van der Waals surface area contributed by atoms with Crippen molar-refractivity contribution in [3.8, 4) is 5.69 Å². The molecule has 0 aliphatic carbocycles. The highest BCUT2D eigenvalue weighted by atomic mass is 35.5. The second-order valence-electron chi connectivity index (χ2n) is 9.67. The van der Waals surface area contributed by atoms with Gasteiger partial charge in [-0.2, -0.15) is 0 Å². The smallest absolute Gasteiger partial charge is 0.226 e. The number of rotatable bonds is 7. The van der Waals surface area contributed by atoms with E-state index in [-0.39, 0.29) is 18.0 Å². The summed E-state index contributed by atoms with van der Waals surface area (Å²) in [6.45, 7) is 6.47. The molecule has 1 amide bonds. The lowest BCUT2D eigenvalue weighted by atomic mass is 10.0. The largest absolute Gasteiger partial charge is 0.352 e. The standard InChI is InChI=1S/C30H30ClN5OS/c1-19-9-10-20(2)25(17-19)33-27(37)13-16-36-29(28(34-30(36)38)24-7-4-5-14-32-24)26-8-6-15-35(26)22-11-12-23(31)21(3)18-22/h4-12,14-15,17-18,28-29H,13,16H2,1-3H3,(H,33,37)(H,34,38)/t28-,29-/m0/s1. The summed E-state index contributed by atoms with van der Waals surface area (Å²) in [5.74, 6) is -0.0507. The monoisotopic (exact) mass is 543 g/mol. The number of benzene rings is 2. The van der Waals surface area contributed by atoms with Crippen LogP contribution in [0.4, 0.5) is 5.69 Å². The molecule has 2 aromatic carbocycles. The van der Waals surface area contributed by atoms with Gasteiger partial charge in [-0.15, -0.1) is 0 Å². The lowest BCUT2D eigenvalue weighted by Gasteiger charge is -2.29. The Morgan fingerprint density at radius 1 is 1.05 bits per heavy atom. The van der Waals surface area contributed by atoms with Crippen molar-refractivity contribution in [3.63, 3.8) is 0 Å². The molecule has 8 heteroatoms. The number of carbonyl (C=O) groups excluding carboxylic acids is 1. The molecule has 0 unspecified atom stereocenters. The highest BCUT2D eigenvalue weighted by Crippen LogP contribution is 2.39. The van der Waals surface area contributed by atoms with Crippen LogP contribution < -0.4 is 10.6 Å². The summed E-state index contributed by atoms with van der Waals surface area (Å²) < 4.78 is 2.16. The van der Waals surface area contributed by atoms with Gasteiger partial charge >= 0.3 is 0 Å². The first-order chi connectivity index (χ1) is 18.3. The highest BCUT2D eigenvalue weighted by Gasteiger charge is 2.41. The molecular weight excluding hydrogens is 514 g/mol. The number of nitrogens with one attached hydrogen (secondary N) is 2. The maximum Gasteiger partial charge on any atom is 0.226 e. The molecule has 1 aliphatic rings. The maximum atomic E-state index is 13.0. The van der Waals surface area contributed by atoms with Crippen LogP contribution in [0.15, 0.2) is 79.1 Å². The summed E-state index contributed by atoms with van der Waals surface area (Å²) in [7, 11) is 0. The topological polar surface area (TPSA) is 62.2 Å².